The van der Waals surface area contributed by atoms with Gasteiger partial charge in [-0.3, -0.25) is 0 Å². The van der Waals surface area contributed by atoms with Gasteiger partial charge in [-0.05, 0) is 36.8 Å². The van der Waals surface area contributed by atoms with Crippen LogP contribution >= 0.6 is 27.5 Å². The molecule has 1 aromatic heterocycles. The van der Waals surface area contributed by atoms with Crippen molar-refractivity contribution in [2.75, 3.05) is 0 Å². The van der Waals surface area contributed by atoms with Crippen LogP contribution in [0.25, 0.3) is 0 Å². The van der Waals surface area contributed by atoms with Crippen LogP contribution in [0.5, 0.6) is 0 Å². The highest BCUT2D eigenvalue weighted by Crippen LogP contribution is 2.15. The zero-order valence-electron chi connectivity index (χ0n) is 10.2. The molecule has 98 valence electrons. The monoisotopic (exact) mass is 339 g/mol. The molecule has 0 bridgehead atoms. The molecule has 1 aromatic carbocycles. The minimum absolute atomic E-state index is 0.220. The molecule has 0 amide bonds. The molecule has 0 saturated heterocycles. The minimum atomic E-state index is -0.410. The first-order valence-electron chi connectivity index (χ1n) is 5.60. The summed E-state index contributed by atoms with van der Waals surface area (Å²) in [5, 5.41) is 0.286. The number of benzene rings is 1. The maximum Gasteiger partial charge on any atom is 0.338 e. The average molecular weight is 341 g/mol. The lowest BCUT2D eigenvalue weighted by atomic mass is 10.2. The van der Waals surface area contributed by atoms with E-state index in [1.165, 1.54) is 6.07 Å². The molecule has 0 saturated carbocycles. The molecular weight excluding hydrogens is 330 g/mol. The van der Waals surface area contributed by atoms with Gasteiger partial charge in [-0.15, -0.1) is 0 Å². The van der Waals surface area contributed by atoms with E-state index in [1.54, 1.807) is 13.0 Å². The Bertz CT molecular complexity index is 596. The molecule has 0 unspecified atom stereocenters. The van der Waals surface area contributed by atoms with Gasteiger partial charge in [0.15, 0.2) is 0 Å². The van der Waals surface area contributed by atoms with E-state index in [0.29, 0.717) is 11.3 Å². The van der Waals surface area contributed by atoms with E-state index in [1.807, 2.05) is 24.3 Å². The summed E-state index contributed by atoms with van der Waals surface area (Å²) in [6.07, 6.45) is 0. The van der Waals surface area contributed by atoms with Gasteiger partial charge in [0.2, 0.25) is 0 Å². The first-order chi connectivity index (χ1) is 9.04. The summed E-state index contributed by atoms with van der Waals surface area (Å²) in [6, 6.07) is 10.7. The number of carbonyl (C=O) groups is 1. The molecule has 19 heavy (non-hydrogen) atoms. The van der Waals surface area contributed by atoms with Crippen LogP contribution in [0.2, 0.25) is 5.15 Å². The van der Waals surface area contributed by atoms with Crippen molar-refractivity contribution >= 4 is 33.5 Å². The highest BCUT2D eigenvalue weighted by molar-refractivity contribution is 9.10. The number of rotatable bonds is 3. The van der Waals surface area contributed by atoms with Crippen molar-refractivity contribution in [1.29, 1.82) is 0 Å². The molecule has 5 heteroatoms. The number of pyridine rings is 1. The third kappa shape index (κ3) is 4.04. The number of aromatic nitrogens is 1. The largest absolute Gasteiger partial charge is 0.457 e. The molecule has 0 aliphatic carbocycles. The van der Waals surface area contributed by atoms with Crippen LogP contribution in [0.3, 0.4) is 0 Å². The molecule has 3 nitrogen and oxygen atoms in total. The molecule has 1 heterocycles. The molecule has 0 radical (unpaired) electrons. The summed E-state index contributed by atoms with van der Waals surface area (Å²) in [7, 11) is 0. The van der Waals surface area contributed by atoms with Gasteiger partial charge in [-0.25, -0.2) is 9.78 Å². The Morgan fingerprint density at radius 1 is 1.37 bits per heavy atom. The molecule has 2 aromatic rings. The number of carbonyl (C=O) groups excluding carboxylic acids is 1. The predicted molar refractivity (Wildman–Crippen MR) is 77.2 cm³/mol. The van der Waals surface area contributed by atoms with Crippen molar-refractivity contribution in [2.45, 2.75) is 13.5 Å². The summed E-state index contributed by atoms with van der Waals surface area (Å²) in [4.78, 5) is 15.9. The van der Waals surface area contributed by atoms with Crippen LogP contribution in [-0.4, -0.2) is 11.0 Å². The summed E-state index contributed by atoms with van der Waals surface area (Å²) in [5.41, 5.74) is 2.01. The van der Waals surface area contributed by atoms with Crippen molar-refractivity contribution in [3.63, 3.8) is 0 Å². The van der Waals surface area contributed by atoms with Crippen molar-refractivity contribution < 1.29 is 9.53 Å². The molecule has 0 fully saturated rings. The summed E-state index contributed by atoms with van der Waals surface area (Å²) in [6.45, 7) is 1.99. The Hall–Kier alpha value is -1.39. The number of esters is 1. The maximum atomic E-state index is 11.9. The lowest BCUT2D eigenvalue weighted by Gasteiger charge is -2.06. The Morgan fingerprint density at radius 3 is 2.84 bits per heavy atom. The SMILES string of the molecule is Cc1cc(C(=O)OCc2cccc(Br)c2)cc(Cl)n1. The predicted octanol–water partition coefficient (Wildman–Crippen LogP) is 4.16. The van der Waals surface area contributed by atoms with Crippen LogP contribution < -0.4 is 0 Å². The van der Waals surface area contributed by atoms with Crippen LogP contribution in [0.1, 0.15) is 21.6 Å². The Labute approximate surface area is 124 Å². The Kier molecular flexibility index (Phi) is 4.56. The molecule has 0 aliphatic heterocycles. The van der Waals surface area contributed by atoms with Gasteiger partial charge in [0, 0.05) is 10.2 Å². The van der Waals surface area contributed by atoms with E-state index in [4.69, 9.17) is 16.3 Å². The van der Waals surface area contributed by atoms with E-state index in [2.05, 4.69) is 20.9 Å². The highest BCUT2D eigenvalue weighted by atomic mass is 79.9. The first kappa shape index (κ1) is 14.0. The first-order valence-corrected chi connectivity index (χ1v) is 6.77. The standard InChI is InChI=1S/C14H11BrClNO2/c1-9-5-11(7-13(16)17-9)14(18)19-8-10-3-2-4-12(15)6-10/h2-7H,8H2,1H3. The average Bonchev–Trinajstić information content (AvgIpc) is 2.35. The fourth-order valence-corrected chi connectivity index (χ4v) is 2.30. The van der Waals surface area contributed by atoms with E-state index in [0.717, 1.165) is 10.0 Å². The molecule has 0 atom stereocenters. The van der Waals surface area contributed by atoms with Crippen LogP contribution in [-0.2, 0) is 11.3 Å². The second-order valence-electron chi connectivity index (χ2n) is 4.03. The molecule has 0 N–H and O–H groups in total. The second-order valence-corrected chi connectivity index (χ2v) is 5.33. The lowest BCUT2D eigenvalue weighted by Crippen LogP contribution is -2.06. The summed E-state index contributed by atoms with van der Waals surface area (Å²) >= 11 is 9.17. The number of hydrogen-bond acceptors (Lipinski definition) is 3. The second kappa shape index (κ2) is 6.17. The lowest BCUT2D eigenvalue weighted by molar-refractivity contribution is 0.0472. The van der Waals surface area contributed by atoms with E-state index >= 15 is 0 Å². The zero-order valence-corrected chi connectivity index (χ0v) is 12.5. The normalized spacial score (nSPS) is 10.3. The molecular formula is C14H11BrClNO2. The number of ether oxygens (including phenoxy) is 1. The highest BCUT2D eigenvalue weighted by Gasteiger charge is 2.09. The smallest absolute Gasteiger partial charge is 0.338 e. The van der Waals surface area contributed by atoms with E-state index in [9.17, 15) is 4.79 Å². The van der Waals surface area contributed by atoms with Crippen molar-refractivity contribution in [3.05, 3.63) is 62.8 Å². The van der Waals surface area contributed by atoms with Gasteiger partial charge in [-0.2, -0.15) is 0 Å². The van der Waals surface area contributed by atoms with Crippen molar-refractivity contribution in [1.82, 2.24) is 4.98 Å². The van der Waals surface area contributed by atoms with Gasteiger partial charge in [-0.1, -0.05) is 39.7 Å². The van der Waals surface area contributed by atoms with E-state index in [-0.39, 0.29) is 11.8 Å². The van der Waals surface area contributed by atoms with Crippen molar-refractivity contribution in [2.24, 2.45) is 0 Å². The number of hydrogen-bond donors (Lipinski definition) is 0. The van der Waals surface area contributed by atoms with Gasteiger partial charge in [0.1, 0.15) is 11.8 Å². The third-order valence-electron chi connectivity index (χ3n) is 2.42. The zero-order chi connectivity index (χ0) is 13.8. The summed E-state index contributed by atoms with van der Waals surface area (Å²) < 4.78 is 6.18. The number of aryl methyl sites for hydroxylation is 1. The van der Waals surface area contributed by atoms with Gasteiger partial charge in [0.25, 0.3) is 0 Å². The van der Waals surface area contributed by atoms with Crippen LogP contribution in [0, 0.1) is 6.92 Å². The fraction of sp³-hybridized carbons (Fsp3) is 0.143. The molecule has 2 rings (SSSR count). The topological polar surface area (TPSA) is 39.2 Å². The van der Waals surface area contributed by atoms with E-state index < -0.39 is 5.97 Å². The third-order valence-corrected chi connectivity index (χ3v) is 3.10. The quantitative estimate of drug-likeness (QED) is 0.622. The van der Waals surface area contributed by atoms with Gasteiger partial charge < -0.3 is 4.74 Å². The van der Waals surface area contributed by atoms with Gasteiger partial charge >= 0.3 is 5.97 Å². The van der Waals surface area contributed by atoms with Crippen LogP contribution in [0.4, 0.5) is 0 Å². The Morgan fingerprint density at radius 2 is 2.16 bits per heavy atom. The van der Waals surface area contributed by atoms with Crippen molar-refractivity contribution in [3.8, 4) is 0 Å². The Balaban J connectivity index is 2.05. The number of nitrogens with zero attached hydrogens (tertiary/aromatic N) is 1. The maximum absolute atomic E-state index is 11.9. The molecule has 0 aliphatic rings. The van der Waals surface area contributed by atoms with Crippen LogP contribution in [0.15, 0.2) is 40.9 Å². The summed E-state index contributed by atoms with van der Waals surface area (Å²) in [5.74, 6) is -0.410. The molecule has 0 spiro atoms. The fourth-order valence-electron chi connectivity index (χ4n) is 1.60. The van der Waals surface area contributed by atoms with Gasteiger partial charge in [0.05, 0.1) is 5.56 Å². The number of halogens is 2. The minimum Gasteiger partial charge on any atom is -0.457 e.